The number of aromatic nitrogens is 3. The van der Waals surface area contributed by atoms with Crippen LogP contribution in [0.4, 0.5) is 0 Å². The van der Waals surface area contributed by atoms with Gasteiger partial charge < -0.3 is 10.1 Å². The topological polar surface area (TPSA) is 71.9 Å². The number of benzene rings is 1. The summed E-state index contributed by atoms with van der Waals surface area (Å²) < 4.78 is 7.61. The van der Waals surface area contributed by atoms with E-state index in [1.807, 2.05) is 31.2 Å². The molecule has 3 rings (SSSR count). The number of aryl methyl sites for hydroxylation is 1. The van der Waals surface area contributed by atoms with E-state index in [2.05, 4.69) is 15.5 Å². The van der Waals surface area contributed by atoms with Crippen LogP contribution in [0, 0.1) is 17.6 Å². The molecule has 2 heterocycles. The molecule has 2 aromatic rings. The quantitative estimate of drug-likeness (QED) is 0.816. The first kappa shape index (κ1) is 16.9. The molecule has 1 aliphatic heterocycles. The Hall–Kier alpha value is -1.99. The van der Waals surface area contributed by atoms with E-state index >= 15 is 0 Å². The van der Waals surface area contributed by atoms with Crippen molar-refractivity contribution in [2.45, 2.75) is 26.3 Å². The van der Waals surface area contributed by atoms with Gasteiger partial charge in [0.15, 0.2) is 10.6 Å². The highest BCUT2D eigenvalue weighted by atomic mass is 32.1. The highest BCUT2D eigenvalue weighted by molar-refractivity contribution is 7.71. The zero-order chi connectivity index (χ0) is 16.9. The summed E-state index contributed by atoms with van der Waals surface area (Å²) in [4.78, 5) is 12.3. The minimum absolute atomic E-state index is 0.0635. The molecule has 1 saturated heterocycles. The molecule has 1 fully saturated rings. The molecule has 24 heavy (non-hydrogen) atoms. The number of amides is 1. The first-order valence-electron chi connectivity index (χ1n) is 8.20. The number of nitrogens with one attached hydrogen (secondary N) is 2. The largest absolute Gasteiger partial charge is 0.381 e. The molecule has 1 aromatic carbocycles. The Morgan fingerprint density at radius 1 is 1.46 bits per heavy atom. The smallest absolute Gasteiger partial charge is 0.240 e. The minimum atomic E-state index is -0.0635. The zero-order valence-corrected chi connectivity index (χ0v) is 14.6. The summed E-state index contributed by atoms with van der Waals surface area (Å²) in [5, 5.41) is 10.0. The van der Waals surface area contributed by atoms with Crippen molar-refractivity contribution in [3.05, 3.63) is 34.6 Å². The molecular formula is C17H22N4O2S. The summed E-state index contributed by atoms with van der Waals surface area (Å²) in [6.07, 6.45) is 2.16. The van der Waals surface area contributed by atoms with Gasteiger partial charge >= 0.3 is 0 Å². The van der Waals surface area contributed by atoms with E-state index in [9.17, 15) is 4.79 Å². The lowest BCUT2D eigenvalue weighted by Gasteiger charge is -2.22. The molecule has 128 valence electrons. The van der Waals surface area contributed by atoms with Crippen LogP contribution in [0.15, 0.2) is 24.3 Å². The van der Waals surface area contributed by atoms with Crippen LogP contribution >= 0.6 is 12.2 Å². The third-order valence-electron chi connectivity index (χ3n) is 4.21. The van der Waals surface area contributed by atoms with Crippen LogP contribution in [0.2, 0.25) is 0 Å². The molecule has 1 unspecified atom stereocenters. The first-order valence-corrected chi connectivity index (χ1v) is 8.61. The fourth-order valence-electron chi connectivity index (χ4n) is 2.81. The van der Waals surface area contributed by atoms with E-state index < -0.39 is 0 Å². The maximum absolute atomic E-state index is 12.3. The summed E-state index contributed by atoms with van der Waals surface area (Å²) in [5.74, 6) is 1.01. The van der Waals surface area contributed by atoms with Gasteiger partial charge in [0.25, 0.3) is 0 Å². The van der Waals surface area contributed by atoms with Crippen molar-refractivity contribution in [3.8, 4) is 11.4 Å². The lowest BCUT2D eigenvalue weighted by atomic mass is 10.0. The number of rotatable bonds is 5. The second-order valence-electron chi connectivity index (χ2n) is 6.19. The Balaban J connectivity index is 1.66. The number of hydrogen-bond donors (Lipinski definition) is 2. The highest BCUT2D eigenvalue weighted by Crippen LogP contribution is 2.18. The number of aromatic amines is 1. The van der Waals surface area contributed by atoms with E-state index in [1.165, 1.54) is 5.56 Å². The minimum Gasteiger partial charge on any atom is -0.381 e. The number of H-pyrrole nitrogens is 1. The molecule has 1 aliphatic rings. The number of nitrogens with zero attached hydrogens (tertiary/aromatic N) is 2. The zero-order valence-electron chi connectivity index (χ0n) is 13.7. The molecule has 0 radical (unpaired) electrons. The number of carbonyl (C=O) groups is 1. The Morgan fingerprint density at radius 3 is 2.96 bits per heavy atom. The molecule has 1 aromatic heterocycles. The Kier molecular flexibility index (Phi) is 5.42. The average Bonchev–Trinajstić information content (AvgIpc) is 2.95. The van der Waals surface area contributed by atoms with E-state index in [0.717, 1.165) is 31.6 Å². The molecule has 0 aliphatic carbocycles. The van der Waals surface area contributed by atoms with E-state index in [4.69, 9.17) is 17.0 Å². The van der Waals surface area contributed by atoms with Crippen LogP contribution in [0.25, 0.3) is 11.4 Å². The second kappa shape index (κ2) is 7.72. The second-order valence-corrected chi connectivity index (χ2v) is 6.58. The Morgan fingerprint density at radius 2 is 2.25 bits per heavy atom. The summed E-state index contributed by atoms with van der Waals surface area (Å²) in [6.45, 7) is 4.38. The maximum Gasteiger partial charge on any atom is 0.240 e. The normalized spacial score (nSPS) is 17.6. The van der Waals surface area contributed by atoms with Gasteiger partial charge in [0, 0.05) is 18.7 Å². The molecule has 0 saturated carbocycles. The van der Waals surface area contributed by atoms with Crippen molar-refractivity contribution >= 4 is 18.1 Å². The average molecular weight is 346 g/mol. The Labute approximate surface area is 146 Å². The van der Waals surface area contributed by atoms with E-state index in [1.54, 1.807) is 4.57 Å². The lowest BCUT2D eigenvalue weighted by Crippen LogP contribution is -2.35. The fourth-order valence-corrected chi connectivity index (χ4v) is 3.01. The molecular weight excluding hydrogens is 324 g/mol. The summed E-state index contributed by atoms with van der Waals surface area (Å²) in [5.41, 5.74) is 2.10. The van der Waals surface area contributed by atoms with Gasteiger partial charge in [-0.25, -0.2) is 0 Å². The van der Waals surface area contributed by atoms with Crippen molar-refractivity contribution in [2.75, 3.05) is 19.8 Å². The van der Waals surface area contributed by atoms with Crippen molar-refractivity contribution in [2.24, 2.45) is 5.92 Å². The highest BCUT2D eigenvalue weighted by Gasteiger charge is 2.16. The standard InChI is InChI=1S/C17H22N4O2S/c1-12-4-6-14(7-5-12)16-19-20-17(24)21(16)10-15(22)18-9-13-3-2-8-23-11-13/h4-7,13H,2-3,8-11H2,1H3,(H,18,22)(H,20,24). The predicted octanol–water partition coefficient (Wildman–Crippen LogP) is 2.46. The number of ether oxygens (including phenoxy) is 1. The van der Waals surface area contributed by atoms with Crippen molar-refractivity contribution in [3.63, 3.8) is 0 Å². The van der Waals surface area contributed by atoms with Crippen LogP contribution in [0.1, 0.15) is 18.4 Å². The van der Waals surface area contributed by atoms with Gasteiger partial charge in [0.1, 0.15) is 6.54 Å². The molecule has 1 atom stereocenters. The molecule has 7 heteroatoms. The van der Waals surface area contributed by atoms with Gasteiger partial charge in [0.05, 0.1) is 6.61 Å². The SMILES string of the molecule is Cc1ccc(-c2n[nH]c(=S)n2CC(=O)NCC2CCCOC2)cc1. The third kappa shape index (κ3) is 4.10. The Bertz CT molecular complexity index is 745. The van der Waals surface area contributed by atoms with Crippen molar-refractivity contribution in [1.29, 1.82) is 0 Å². The maximum atomic E-state index is 12.3. The monoisotopic (exact) mass is 346 g/mol. The van der Waals surface area contributed by atoms with Gasteiger partial charge in [-0.2, -0.15) is 5.10 Å². The number of hydrogen-bond acceptors (Lipinski definition) is 4. The van der Waals surface area contributed by atoms with E-state index in [0.29, 0.717) is 23.1 Å². The van der Waals surface area contributed by atoms with Gasteiger partial charge in [-0.3, -0.25) is 14.5 Å². The van der Waals surface area contributed by atoms with E-state index in [-0.39, 0.29) is 12.5 Å². The van der Waals surface area contributed by atoms with Gasteiger partial charge in [-0.05, 0) is 37.9 Å². The van der Waals surface area contributed by atoms with Crippen LogP contribution in [0.3, 0.4) is 0 Å². The van der Waals surface area contributed by atoms with Gasteiger partial charge in [-0.1, -0.05) is 29.8 Å². The molecule has 1 amide bonds. The van der Waals surface area contributed by atoms with Crippen LogP contribution in [-0.4, -0.2) is 40.4 Å². The van der Waals surface area contributed by atoms with Crippen LogP contribution < -0.4 is 5.32 Å². The molecule has 2 N–H and O–H groups in total. The van der Waals surface area contributed by atoms with Crippen molar-refractivity contribution in [1.82, 2.24) is 20.1 Å². The van der Waals surface area contributed by atoms with Crippen LogP contribution in [0.5, 0.6) is 0 Å². The lowest BCUT2D eigenvalue weighted by molar-refractivity contribution is -0.122. The van der Waals surface area contributed by atoms with Gasteiger partial charge in [-0.15, -0.1) is 0 Å². The summed E-state index contributed by atoms with van der Waals surface area (Å²) in [7, 11) is 0. The fraction of sp³-hybridized carbons (Fsp3) is 0.471. The van der Waals surface area contributed by atoms with Gasteiger partial charge in [0.2, 0.25) is 5.91 Å². The van der Waals surface area contributed by atoms with Crippen molar-refractivity contribution < 1.29 is 9.53 Å². The molecule has 6 nitrogen and oxygen atoms in total. The van der Waals surface area contributed by atoms with Crippen LogP contribution in [-0.2, 0) is 16.1 Å². The number of carbonyl (C=O) groups excluding carboxylic acids is 1. The first-order chi connectivity index (χ1) is 11.6. The summed E-state index contributed by atoms with van der Waals surface area (Å²) in [6, 6.07) is 7.99. The molecule has 0 spiro atoms. The third-order valence-corrected chi connectivity index (χ3v) is 4.52. The molecule has 0 bridgehead atoms. The predicted molar refractivity (Wildman–Crippen MR) is 94.1 cm³/mol. The summed E-state index contributed by atoms with van der Waals surface area (Å²) >= 11 is 5.27.